The predicted molar refractivity (Wildman–Crippen MR) is 108 cm³/mol. The van der Waals surface area contributed by atoms with E-state index in [1.807, 2.05) is 13.0 Å². The molecule has 1 N–H and O–H groups in total. The van der Waals surface area contributed by atoms with Crippen LogP contribution in [0, 0.1) is 6.92 Å². The summed E-state index contributed by atoms with van der Waals surface area (Å²) in [6.07, 6.45) is 0. The van der Waals surface area contributed by atoms with Gasteiger partial charge in [0, 0.05) is 0 Å². The lowest BCUT2D eigenvalue weighted by Gasteiger charge is -2.33. The Morgan fingerprint density at radius 2 is 1.69 bits per heavy atom. The number of fused-ring (bicyclic) bond motifs is 1. The first-order valence-electron chi connectivity index (χ1n) is 9.25. The molecule has 7 heteroatoms. The minimum Gasteiger partial charge on any atom is -0.495 e. The minimum absolute atomic E-state index is 0.0246. The van der Waals surface area contributed by atoms with E-state index in [4.69, 9.17) is 9.47 Å². The molecule has 0 saturated heterocycles. The second-order valence-corrected chi connectivity index (χ2v) is 7.55. The van der Waals surface area contributed by atoms with E-state index in [9.17, 15) is 14.4 Å². The SMILES string of the molecule is COc1ccc(C)cc1NC(=O)COCC(C)(C)N1C(=O)c2ccccc2C1=O. The number of ether oxygens (including phenoxy) is 2. The molecule has 3 rings (SSSR count). The quantitative estimate of drug-likeness (QED) is 0.727. The van der Waals surface area contributed by atoms with E-state index in [2.05, 4.69) is 5.32 Å². The molecule has 0 unspecified atom stereocenters. The molecule has 0 aliphatic carbocycles. The summed E-state index contributed by atoms with van der Waals surface area (Å²) >= 11 is 0. The number of rotatable bonds is 7. The van der Waals surface area contributed by atoms with Gasteiger partial charge in [-0.15, -0.1) is 0 Å². The first kappa shape index (κ1) is 20.5. The molecule has 2 aromatic carbocycles. The Morgan fingerprint density at radius 3 is 2.28 bits per heavy atom. The molecule has 0 saturated carbocycles. The third kappa shape index (κ3) is 4.14. The summed E-state index contributed by atoms with van der Waals surface area (Å²) < 4.78 is 10.8. The summed E-state index contributed by atoms with van der Waals surface area (Å²) in [6.45, 7) is 5.18. The van der Waals surface area contributed by atoms with Crippen LogP contribution in [0.2, 0.25) is 0 Å². The topological polar surface area (TPSA) is 84.9 Å². The highest BCUT2D eigenvalue weighted by atomic mass is 16.5. The van der Waals surface area contributed by atoms with Gasteiger partial charge in [0.05, 0.1) is 36.1 Å². The standard InChI is InChI=1S/C22H24N2O5/c1-14-9-10-18(28-4)17(11-14)23-19(25)12-29-13-22(2,3)24-20(26)15-7-5-6-8-16(15)21(24)27/h5-11H,12-13H2,1-4H3,(H,23,25). The molecule has 3 amide bonds. The number of carbonyl (C=O) groups excluding carboxylic acids is 3. The van der Waals surface area contributed by atoms with E-state index in [0.29, 0.717) is 22.6 Å². The largest absolute Gasteiger partial charge is 0.495 e. The van der Waals surface area contributed by atoms with E-state index in [1.165, 1.54) is 12.0 Å². The van der Waals surface area contributed by atoms with Gasteiger partial charge in [-0.2, -0.15) is 0 Å². The number of nitrogens with zero attached hydrogens (tertiary/aromatic N) is 1. The summed E-state index contributed by atoms with van der Waals surface area (Å²) in [4.78, 5) is 38.8. The van der Waals surface area contributed by atoms with Gasteiger partial charge in [0.2, 0.25) is 5.91 Å². The summed E-state index contributed by atoms with van der Waals surface area (Å²) in [5.41, 5.74) is 1.40. The maximum atomic E-state index is 12.7. The molecule has 0 aromatic heterocycles. The zero-order valence-electron chi connectivity index (χ0n) is 16.9. The van der Waals surface area contributed by atoms with Crippen LogP contribution in [0.25, 0.3) is 0 Å². The van der Waals surface area contributed by atoms with Gasteiger partial charge >= 0.3 is 0 Å². The Hall–Kier alpha value is -3.19. The van der Waals surface area contributed by atoms with Gasteiger partial charge in [-0.05, 0) is 50.6 Å². The molecule has 0 fully saturated rings. The van der Waals surface area contributed by atoms with Crippen molar-refractivity contribution in [3.63, 3.8) is 0 Å². The van der Waals surface area contributed by atoms with Gasteiger partial charge in [-0.25, -0.2) is 0 Å². The molecular weight excluding hydrogens is 372 g/mol. The zero-order chi connectivity index (χ0) is 21.2. The minimum atomic E-state index is -0.908. The number of benzene rings is 2. The zero-order valence-corrected chi connectivity index (χ0v) is 16.9. The summed E-state index contributed by atoms with van der Waals surface area (Å²) in [5.74, 6) is -0.510. The number of anilines is 1. The van der Waals surface area contributed by atoms with Crippen molar-refractivity contribution in [3.8, 4) is 5.75 Å². The van der Waals surface area contributed by atoms with Crippen molar-refractivity contribution < 1.29 is 23.9 Å². The fourth-order valence-corrected chi connectivity index (χ4v) is 3.30. The molecule has 7 nitrogen and oxygen atoms in total. The van der Waals surface area contributed by atoms with Gasteiger partial charge in [0.15, 0.2) is 0 Å². The lowest BCUT2D eigenvalue weighted by molar-refractivity contribution is -0.121. The van der Waals surface area contributed by atoms with E-state index >= 15 is 0 Å². The summed E-state index contributed by atoms with van der Waals surface area (Å²) in [6, 6.07) is 12.2. The Kier molecular flexibility index (Phi) is 5.70. The number of aryl methyl sites for hydroxylation is 1. The van der Waals surface area contributed by atoms with Crippen LogP contribution in [0.1, 0.15) is 40.1 Å². The van der Waals surface area contributed by atoms with Crippen molar-refractivity contribution in [2.24, 2.45) is 0 Å². The Bertz CT molecular complexity index is 932. The number of methoxy groups -OCH3 is 1. The highest BCUT2D eigenvalue weighted by Gasteiger charge is 2.44. The molecule has 152 valence electrons. The fourth-order valence-electron chi connectivity index (χ4n) is 3.30. The molecule has 29 heavy (non-hydrogen) atoms. The maximum absolute atomic E-state index is 12.7. The number of nitrogens with one attached hydrogen (secondary N) is 1. The highest BCUT2D eigenvalue weighted by molar-refractivity contribution is 6.21. The van der Waals surface area contributed by atoms with Gasteiger partial charge < -0.3 is 14.8 Å². The van der Waals surface area contributed by atoms with E-state index < -0.39 is 5.54 Å². The second kappa shape index (κ2) is 8.05. The average Bonchev–Trinajstić information content (AvgIpc) is 2.93. The summed E-state index contributed by atoms with van der Waals surface area (Å²) in [7, 11) is 1.53. The molecular formula is C22H24N2O5. The predicted octanol–water partition coefficient (Wildman–Crippen LogP) is 3.03. The molecule has 0 radical (unpaired) electrons. The third-order valence-electron chi connectivity index (χ3n) is 4.72. The smallest absolute Gasteiger partial charge is 0.262 e. The van der Waals surface area contributed by atoms with Crippen LogP contribution in [0.15, 0.2) is 42.5 Å². The normalized spacial score (nSPS) is 13.4. The van der Waals surface area contributed by atoms with Crippen LogP contribution in [0.4, 0.5) is 5.69 Å². The van der Waals surface area contributed by atoms with Crippen molar-refractivity contribution in [2.75, 3.05) is 25.6 Å². The number of hydrogen-bond acceptors (Lipinski definition) is 5. The van der Waals surface area contributed by atoms with E-state index in [-0.39, 0.29) is 30.9 Å². The van der Waals surface area contributed by atoms with Crippen molar-refractivity contribution in [1.82, 2.24) is 4.90 Å². The molecule has 0 atom stereocenters. The molecule has 1 aliphatic heterocycles. The second-order valence-electron chi connectivity index (χ2n) is 7.55. The lowest BCUT2D eigenvalue weighted by atomic mass is 10.0. The lowest BCUT2D eigenvalue weighted by Crippen LogP contribution is -2.50. The third-order valence-corrected chi connectivity index (χ3v) is 4.72. The number of carbonyl (C=O) groups is 3. The first-order valence-corrected chi connectivity index (χ1v) is 9.25. The van der Waals surface area contributed by atoms with Crippen LogP contribution in [0.3, 0.4) is 0 Å². The van der Waals surface area contributed by atoms with Crippen molar-refractivity contribution >= 4 is 23.4 Å². The van der Waals surface area contributed by atoms with Crippen molar-refractivity contribution in [2.45, 2.75) is 26.3 Å². The average molecular weight is 396 g/mol. The Labute approximate surface area is 169 Å². The molecule has 1 aliphatic rings. The number of hydrogen-bond donors (Lipinski definition) is 1. The van der Waals surface area contributed by atoms with Crippen LogP contribution in [-0.2, 0) is 9.53 Å². The van der Waals surface area contributed by atoms with Gasteiger partial charge in [0.25, 0.3) is 11.8 Å². The van der Waals surface area contributed by atoms with E-state index in [0.717, 1.165) is 5.56 Å². The molecule has 2 aromatic rings. The maximum Gasteiger partial charge on any atom is 0.262 e. The summed E-state index contributed by atoms with van der Waals surface area (Å²) in [5, 5.41) is 2.75. The van der Waals surface area contributed by atoms with Gasteiger partial charge in [0.1, 0.15) is 12.4 Å². The van der Waals surface area contributed by atoms with Gasteiger partial charge in [-0.1, -0.05) is 18.2 Å². The van der Waals surface area contributed by atoms with E-state index in [1.54, 1.807) is 50.2 Å². The molecule has 0 spiro atoms. The van der Waals surface area contributed by atoms with Crippen molar-refractivity contribution in [1.29, 1.82) is 0 Å². The van der Waals surface area contributed by atoms with Crippen LogP contribution in [0.5, 0.6) is 5.75 Å². The fraction of sp³-hybridized carbons (Fsp3) is 0.318. The Morgan fingerprint density at radius 1 is 1.07 bits per heavy atom. The van der Waals surface area contributed by atoms with Gasteiger partial charge in [-0.3, -0.25) is 19.3 Å². The highest BCUT2D eigenvalue weighted by Crippen LogP contribution is 2.29. The number of amides is 3. The molecule has 0 bridgehead atoms. The van der Waals surface area contributed by atoms with Crippen LogP contribution < -0.4 is 10.1 Å². The molecule has 1 heterocycles. The van der Waals surface area contributed by atoms with Crippen LogP contribution >= 0.6 is 0 Å². The number of imide groups is 1. The van der Waals surface area contributed by atoms with Crippen LogP contribution in [-0.4, -0.2) is 48.5 Å². The van der Waals surface area contributed by atoms with Crippen molar-refractivity contribution in [3.05, 3.63) is 59.2 Å². The Balaban J connectivity index is 1.60. The monoisotopic (exact) mass is 396 g/mol. The first-order chi connectivity index (χ1) is 13.7.